The van der Waals surface area contributed by atoms with Gasteiger partial charge < -0.3 is 19.9 Å². The van der Waals surface area contributed by atoms with Crippen LogP contribution in [0.5, 0.6) is 5.75 Å². The normalized spacial score (nSPS) is 11.3. The molecule has 5 heteroatoms. The Hall–Kier alpha value is -2.01. The molecule has 0 saturated carbocycles. The van der Waals surface area contributed by atoms with Gasteiger partial charge in [-0.25, -0.2) is 0 Å². The minimum absolute atomic E-state index is 0.388. The quantitative estimate of drug-likeness (QED) is 0.852. The van der Waals surface area contributed by atoms with Gasteiger partial charge in [-0.15, -0.1) is 0 Å². The van der Waals surface area contributed by atoms with Crippen molar-refractivity contribution in [1.82, 2.24) is 9.47 Å². The summed E-state index contributed by atoms with van der Waals surface area (Å²) in [6.45, 7) is 9.67. The van der Waals surface area contributed by atoms with Crippen LogP contribution in [0.25, 0.3) is 10.9 Å². The third-order valence-electron chi connectivity index (χ3n) is 4.19. The summed E-state index contributed by atoms with van der Waals surface area (Å²) in [6.07, 6.45) is 0. The molecule has 0 spiro atoms. The highest BCUT2D eigenvalue weighted by atomic mass is 16.5. The number of carbonyl (C=O) groups excluding carboxylic acids is 1. The highest BCUT2D eigenvalue weighted by Crippen LogP contribution is 2.34. The molecule has 2 rings (SSSR count). The molecule has 2 N–H and O–H groups in total. The summed E-state index contributed by atoms with van der Waals surface area (Å²) < 4.78 is 8.02. The van der Waals surface area contributed by atoms with Crippen molar-refractivity contribution in [3.63, 3.8) is 0 Å². The van der Waals surface area contributed by atoms with Gasteiger partial charge in [0.25, 0.3) is 0 Å². The maximum absolute atomic E-state index is 11.7. The van der Waals surface area contributed by atoms with E-state index < -0.39 is 5.91 Å². The molecule has 0 atom stereocenters. The molecule has 1 radical (unpaired) electrons. The van der Waals surface area contributed by atoms with E-state index in [1.54, 1.807) is 6.07 Å². The Bertz CT molecular complexity index is 672. The molecule has 1 aromatic heterocycles. The van der Waals surface area contributed by atoms with Crippen LogP contribution >= 0.6 is 0 Å². The van der Waals surface area contributed by atoms with Gasteiger partial charge in [0.05, 0.1) is 22.2 Å². The van der Waals surface area contributed by atoms with E-state index in [0.29, 0.717) is 12.2 Å². The van der Waals surface area contributed by atoms with Crippen LogP contribution in [0.4, 0.5) is 0 Å². The number of likely N-dealkylation sites (N-methyl/N-ethyl adjacent to an activating group) is 1. The fraction of sp³-hybridized carbons (Fsp3) is 0.471. The second-order valence-electron chi connectivity index (χ2n) is 5.33. The number of aromatic nitrogens is 1. The average Bonchev–Trinajstić information content (AvgIpc) is 2.76. The van der Waals surface area contributed by atoms with Crippen molar-refractivity contribution < 1.29 is 9.53 Å². The summed E-state index contributed by atoms with van der Waals surface area (Å²) >= 11 is 0. The summed E-state index contributed by atoms with van der Waals surface area (Å²) in [7, 11) is 1.96. The van der Waals surface area contributed by atoms with Gasteiger partial charge in [-0.2, -0.15) is 0 Å². The van der Waals surface area contributed by atoms with E-state index in [-0.39, 0.29) is 0 Å². The highest BCUT2D eigenvalue weighted by Gasteiger charge is 2.19. The molecule has 0 aliphatic rings. The van der Waals surface area contributed by atoms with E-state index in [4.69, 9.17) is 10.5 Å². The Labute approximate surface area is 131 Å². The number of hydrogen-bond donors (Lipinski definition) is 1. The van der Waals surface area contributed by atoms with Gasteiger partial charge in [-0.05, 0) is 32.1 Å². The number of nitrogens with two attached hydrogens (primary N) is 1. The molecule has 1 heterocycles. The largest absolute Gasteiger partial charge is 0.490 e. The van der Waals surface area contributed by atoms with Gasteiger partial charge >= 0.3 is 0 Å². The molecular weight excluding hydrogens is 278 g/mol. The van der Waals surface area contributed by atoms with Gasteiger partial charge in [0.1, 0.15) is 12.4 Å². The van der Waals surface area contributed by atoms with Gasteiger partial charge in [-0.3, -0.25) is 4.79 Å². The molecule has 2 aromatic rings. The third-order valence-corrected chi connectivity index (χ3v) is 4.19. The van der Waals surface area contributed by atoms with Crippen molar-refractivity contribution in [2.24, 2.45) is 12.8 Å². The lowest BCUT2D eigenvalue weighted by Gasteiger charge is -2.18. The summed E-state index contributed by atoms with van der Waals surface area (Å²) in [5.41, 5.74) is 7.79. The number of ether oxygens (including phenoxy) is 1. The Balaban J connectivity index is 2.36. The summed E-state index contributed by atoms with van der Waals surface area (Å²) in [4.78, 5) is 14.0. The molecule has 119 valence electrons. The number of benzene rings is 1. The van der Waals surface area contributed by atoms with E-state index in [1.165, 1.54) is 0 Å². The second kappa shape index (κ2) is 6.83. The van der Waals surface area contributed by atoms with Crippen molar-refractivity contribution in [3.05, 3.63) is 29.5 Å². The lowest BCUT2D eigenvalue weighted by molar-refractivity contribution is 0.100. The molecule has 5 nitrogen and oxygen atoms in total. The van der Waals surface area contributed by atoms with E-state index in [0.717, 1.165) is 42.0 Å². The molecule has 0 aliphatic carbocycles. The molecule has 0 bridgehead atoms. The third kappa shape index (κ3) is 2.95. The Morgan fingerprint density at radius 3 is 2.68 bits per heavy atom. The molecule has 0 fully saturated rings. The average molecular weight is 302 g/mol. The smallest absolute Gasteiger partial charge is 0.250 e. The van der Waals surface area contributed by atoms with Crippen molar-refractivity contribution >= 4 is 16.8 Å². The first-order valence-electron chi connectivity index (χ1n) is 7.65. The summed E-state index contributed by atoms with van der Waals surface area (Å²) in [5, 5.41) is 0.759. The molecule has 0 saturated heterocycles. The standard InChI is InChI=1S/C17H24N3O2/c1-5-20(6-2)10-11-22-16-12(3)19(4)14-9-7-8-13(15(14)16)17(18)21/h7,9H,5-6,10-11H2,1-4H3,(H2,18,21). The molecule has 1 amide bonds. The van der Waals surface area contributed by atoms with Crippen LogP contribution < -0.4 is 10.5 Å². The fourth-order valence-corrected chi connectivity index (χ4v) is 2.70. The number of rotatable bonds is 7. The van der Waals surface area contributed by atoms with Gasteiger partial charge in [-0.1, -0.05) is 19.9 Å². The number of carbonyl (C=O) groups is 1. The summed E-state index contributed by atoms with van der Waals surface area (Å²) in [5.74, 6) is 0.250. The monoisotopic (exact) mass is 302 g/mol. The molecular formula is C17H24N3O2. The lowest BCUT2D eigenvalue weighted by Crippen LogP contribution is -2.28. The number of aryl methyl sites for hydroxylation is 1. The predicted molar refractivity (Wildman–Crippen MR) is 88.3 cm³/mol. The van der Waals surface area contributed by atoms with Gasteiger partial charge in [0, 0.05) is 13.6 Å². The number of fused-ring (bicyclic) bond motifs is 1. The van der Waals surface area contributed by atoms with Crippen LogP contribution in [-0.2, 0) is 7.05 Å². The first-order chi connectivity index (χ1) is 10.5. The Morgan fingerprint density at radius 1 is 1.41 bits per heavy atom. The Morgan fingerprint density at radius 2 is 2.09 bits per heavy atom. The van der Waals surface area contributed by atoms with E-state index >= 15 is 0 Å². The zero-order valence-electron chi connectivity index (χ0n) is 13.8. The van der Waals surface area contributed by atoms with Crippen LogP contribution in [0.15, 0.2) is 12.1 Å². The number of nitrogens with zero attached hydrogens (tertiary/aromatic N) is 2. The number of hydrogen-bond acceptors (Lipinski definition) is 3. The van der Waals surface area contributed by atoms with E-state index in [2.05, 4.69) is 24.8 Å². The predicted octanol–water partition coefficient (Wildman–Crippen LogP) is 2.11. The summed E-state index contributed by atoms with van der Waals surface area (Å²) in [6, 6.07) is 6.58. The Kier molecular flexibility index (Phi) is 5.08. The fourth-order valence-electron chi connectivity index (χ4n) is 2.70. The zero-order chi connectivity index (χ0) is 16.3. The van der Waals surface area contributed by atoms with Crippen LogP contribution in [0.2, 0.25) is 0 Å². The second-order valence-corrected chi connectivity index (χ2v) is 5.33. The molecule has 0 unspecified atom stereocenters. The molecule has 1 aromatic carbocycles. The van der Waals surface area contributed by atoms with E-state index in [1.807, 2.05) is 24.6 Å². The maximum Gasteiger partial charge on any atom is 0.250 e. The lowest BCUT2D eigenvalue weighted by atomic mass is 10.1. The van der Waals surface area contributed by atoms with Gasteiger partial charge in [0.15, 0.2) is 0 Å². The minimum Gasteiger partial charge on any atom is -0.490 e. The van der Waals surface area contributed by atoms with Crippen molar-refractivity contribution in [3.8, 4) is 5.75 Å². The molecule has 22 heavy (non-hydrogen) atoms. The number of primary amides is 1. The van der Waals surface area contributed by atoms with Crippen LogP contribution in [0, 0.1) is 13.0 Å². The van der Waals surface area contributed by atoms with Gasteiger partial charge in [0.2, 0.25) is 5.91 Å². The highest BCUT2D eigenvalue weighted by molar-refractivity contribution is 6.08. The van der Waals surface area contributed by atoms with Crippen LogP contribution in [0.3, 0.4) is 0 Å². The zero-order valence-corrected chi connectivity index (χ0v) is 13.8. The van der Waals surface area contributed by atoms with Crippen molar-refractivity contribution in [1.29, 1.82) is 0 Å². The van der Waals surface area contributed by atoms with Crippen LogP contribution in [0.1, 0.15) is 29.9 Å². The van der Waals surface area contributed by atoms with Crippen molar-refractivity contribution in [2.75, 3.05) is 26.2 Å². The SMILES string of the molecule is CCN(CC)CCOc1c(C)n(C)c2cc[c]c(C(N)=O)c12. The topological polar surface area (TPSA) is 60.5 Å². The van der Waals surface area contributed by atoms with Crippen molar-refractivity contribution in [2.45, 2.75) is 20.8 Å². The minimum atomic E-state index is -0.482. The first-order valence-corrected chi connectivity index (χ1v) is 7.65. The first kappa shape index (κ1) is 16.4. The number of amides is 1. The van der Waals surface area contributed by atoms with Crippen LogP contribution in [-0.4, -0.2) is 41.6 Å². The maximum atomic E-state index is 11.7. The van der Waals surface area contributed by atoms with E-state index in [9.17, 15) is 4.79 Å². The molecule has 0 aliphatic heterocycles.